The fraction of sp³-hybridized carbons (Fsp3) is 0.455. The smallest absolute Gasteiger partial charge is 0.0990 e. The van der Waals surface area contributed by atoms with Crippen LogP contribution >= 0.6 is 0 Å². The Morgan fingerprint density at radius 2 is 1.73 bits per heavy atom. The third-order valence-electron chi connectivity index (χ3n) is 2.77. The van der Waals surface area contributed by atoms with Gasteiger partial charge in [-0.2, -0.15) is 0 Å². The van der Waals surface area contributed by atoms with Crippen LogP contribution in [0, 0.1) is 0 Å². The molecule has 1 atom stereocenters. The lowest BCUT2D eigenvalue weighted by Crippen LogP contribution is -2.43. The maximum atomic E-state index is 10.1. The molecule has 0 bridgehead atoms. The third-order valence-corrected chi connectivity index (χ3v) is 2.77. The van der Waals surface area contributed by atoms with E-state index in [0.29, 0.717) is 0 Å². The number of hydrogen-bond acceptors (Lipinski definition) is 2. The normalized spacial score (nSPS) is 15.2. The molecule has 1 aromatic rings. The zero-order valence-electron chi connectivity index (χ0n) is 9.18. The Balaban J connectivity index is 3.32. The van der Waals surface area contributed by atoms with Crippen molar-refractivity contribution in [2.24, 2.45) is 5.11 Å². The minimum Gasteiger partial charge on any atom is -0.389 e. The van der Waals surface area contributed by atoms with Gasteiger partial charge in [-0.05, 0) is 31.9 Å². The van der Waals surface area contributed by atoms with Gasteiger partial charge in [0.1, 0.15) is 0 Å². The Hall–Kier alpha value is -1.51. The van der Waals surface area contributed by atoms with Crippen molar-refractivity contribution in [2.45, 2.75) is 31.9 Å². The number of rotatable bonds is 3. The van der Waals surface area contributed by atoms with E-state index in [1.807, 2.05) is 30.3 Å². The molecule has 0 heterocycles. The molecule has 1 N–H and O–H groups in total. The lowest BCUT2D eigenvalue weighted by Gasteiger charge is -2.36. The van der Waals surface area contributed by atoms with Crippen LogP contribution in [-0.4, -0.2) is 10.7 Å². The fourth-order valence-electron chi connectivity index (χ4n) is 1.39. The van der Waals surface area contributed by atoms with Crippen LogP contribution in [0.5, 0.6) is 0 Å². The molecule has 80 valence electrons. The zero-order valence-corrected chi connectivity index (χ0v) is 9.18. The van der Waals surface area contributed by atoms with Gasteiger partial charge in [0.15, 0.2) is 0 Å². The SMILES string of the molecule is CC(C)(O)C(C)(N=[N+]=[N-])c1ccccc1. The first-order valence-corrected chi connectivity index (χ1v) is 4.76. The average Bonchev–Trinajstić information content (AvgIpc) is 2.18. The van der Waals surface area contributed by atoms with E-state index in [2.05, 4.69) is 10.0 Å². The first-order valence-electron chi connectivity index (χ1n) is 4.76. The lowest BCUT2D eigenvalue weighted by atomic mass is 9.79. The van der Waals surface area contributed by atoms with Crippen molar-refractivity contribution in [3.05, 3.63) is 46.3 Å². The molecule has 0 aliphatic rings. The van der Waals surface area contributed by atoms with E-state index in [0.717, 1.165) is 5.56 Å². The van der Waals surface area contributed by atoms with Crippen LogP contribution in [-0.2, 0) is 5.54 Å². The van der Waals surface area contributed by atoms with Gasteiger partial charge in [-0.15, -0.1) is 0 Å². The molecule has 0 saturated carbocycles. The molecular formula is C11H15N3O. The van der Waals surface area contributed by atoms with Crippen molar-refractivity contribution in [3.8, 4) is 0 Å². The van der Waals surface area contributed by atoms with Crippen molar-refractivity contribution in [1.82, 2.24) is 0 Å². The second-order valence-corrected chi connectivity index (χ2v) is 4.19. The van der Waals surface area contributed by atoms with E-state index < -0.39 is 11.1 Å². The highest BCUT2D eigenvalue weighted by Crippen LogP contribution is 2.36. The van der Waals surface area contributed by atoms with Crippen molar-refractivity contribution in [1.29, 1.82) is 0 Å². The average molecular weight is 205 g/mol. The van der Waals surface area contributed by atoms with Crippen LogP contribution in [0.4, 0.5) is 0 Å². The van der Waals surface area contributed by atoms with E-state index in [-0.39, 0.29) is 0 Å². The summed E-state index contributed by atoms with van der Waals surface area (Å²) in [5.74, 6) is 0. The fourth-order valence-corrected chi connectivity index (χ4v) is 1.39. The predicted molar refractivity (Wildman–Crippen MR) is 59.2 cm³/mol. The quantitative estimate of drug-likeness (QED) is 0.460. The van der Waals surface area contributed by atoms with E-state index in [9.17, 15) is 5.11 Å². The highest BCUT2D eigenvalue weighted by molar-refractivity contribution is 5.27. The maximum Gasteiger partial charge on any atom is 0.0990 e. The summed E-state index contributed by atoms with van der Waals surface area (Å²) in [7, 11) is 0. The van der Waals surface area contributed by atoms with Crippen molar-refractivity contribution in [2.75, 3.05) is 0 Å². The van der Waals surface area contributed by atoms with Gasteiger partial charge in [0.05, 0.1) is 11.1 Å². The van der Waals surface area contributed by atoms with Gasteiger partial charge < -0.3 is 5.11 Å². The topological polar surface area (TPSA) is 69.0 Å². The van der Waals surface area contributed by atoms with Gasteiger partial charge >= 0.3 is 0 Å². The van der Waals surface area contributed by atoms with Crippen LogP contribution in [0.15, 0.2) is 35.4 Å². The number of nitrogens with zero attached hydrogens (tertiary/aromatic N) is 3. The Kier molecular flexibility index (Phi) is 3.03. The monoisotopic (exact) mass is 205 g/mol. The first-order chi connectivity index (χ1) is 6.92. The van der Waals surface area contributed by atoms with E-state index in [1.54, 1.807) is 20.8 Å². The second kappa shape index (κ2) is 3.93. The Bertz CT molecular complexity index is 377. The Labute approximate surface area is 89.2 Å². The molecular weight excluding hydrogens is 190 g/mol. The molecule has 0 fully saturated rings. The largest absolute Gasteiger partial charge is 0.389 e. The minimum atomic E-state index is -1.11. The molecule has 0 aliphatic carbocycles. The van der Waals surface area contributed by atoms with Crippen LogP contribution in [0.3, 0.4) is 0 Å². The molecule has 1 aromatic carbocycles. The Morgan fingerprint density at radius 1 is 1.20 bits per heavy atom. The van der Waals surface area contributed by atoms with Crippen molar-refractivity contribution < 1.29 is 5.11 Å². The lowest BCUT2D eigenvalue weighted by molar-refractivity contribution is 0.00398. The van der Waals surface area contributed by atoms with Gasteiger partial charge in [-0.25, -0.2) is 0 Å². The molecule has 4 heteroatoms. The van der Waals surface area contributed by atoms with Gasteiger partial charge in [-0.1, -0.05) is 35.4 Å². The van der Waals surface area contributed by atoms with Crippen LogP contribution in [0.2, 0.25) is 0 Å². The summed E-state index contributed by atoms with van der Waals surface area (Å²) in [5.41, 5.74) is 7.31. The van der Waals surface area contributed by atoms with Gasteiger partial charge in [-0.3, -0.25) is 0 Å². The molecule has 1 unspecified atom stereocenters. The van der Waals surface area contributed by atoms with Crippen LogP contribution in [0.25, 0.3) is 10.4 Å². The molecule has 0 saturated heterocycles. The summed E-state index contributed by atoms with van der Waals surface area (Å²) in [6.45, 7) is 4.99. The Morgan fingerprint density at radius 3 is 2.13 bits per heavy atom. The molecule has 0 aliphatic heterocycles. The molecule has 1 rings (SSSR count). The van der Waals surface area contributed by atoms with E-state index in [1.165, 1.54) is 0 Å². The first kappa shape index (κ1) is 11.6. The van der Waals surface area contributed by atoms with Gasteiger partial charge in [0.2, 0.25) is 0 Å². The predicted octanol–water partition coefficient (Wildman–Crippen LogP) is 2.98. The number of benzene rings is 1. The van der Waals surface area contributed by atoms with Crippen LogP contribution < -0.4 is 0 Å². The highest BCUT2D eigenvalue weighted by Gasteiger charge is 2.40. The zero-order chi connectivity index (χ0) is 11.5. The summed E-state index contributed by atoms with van der Waals surface area (Å²) >= 11 is 0. The standard InChI is InChI=1S/C11H15N3O/c1-10(2,15)11(3,13-14-12)9-7-5-4-6-8-9/h4-8,15H,1-3H3. The number of azide groups is 1. The summed E-state index contributed by atoms with van der Waals surface area (Å²) in [5, 5.41) is 13.8. The summed E-state index contributed by atoms with van der Waals surface area (Å²) in [4.78, 5) is 2.82. The van der Waals surface area contributed by atoms with Crippen LogP contribution in [0.1, 0.15) is 26.3 Å². The molecule has 0 amide bonds. The summed E-state index contributed by atoms with van der Waals surface area (Å²) in [6, 6.07) is 9.27. The molecule has 0 spiro atoms. The van der Waals surface area contributed by atoms with E-state index >= 15 is 0 Å². The third kappa shape index (κ3) is 2.12. The van der Waals surface area contributed by atoms with Crippen molar-refractivity contribution in [3.63, 3.8) is 0 Å². The van der Waals surface area contributed by atoms with Gasteiger partial charge in [0, 0.05) is 4.91 Å². The molecule has 4 nitrogen and oxygen atoms in total. The van der Waals surface area contributed by atoms with Crippen molar-refractivity contribution >= 4 is 0 Å². The number of aliphatic hydroxyl groups is 1. The summed E-state index contributed by atoms with van der Waals surface area (Å²) < 4.78 is 0. The number of hydrogen-bond donors (Lipinski definition) is 1. The molecule has 0 radical (unpaired) electrons. The van der Waals surface area contributed by atoms with E-state index in [4.69, 9.17) is 5.53 Å². The molecule has 0 aromatic heterocycles. The molecule has 15 heavy (non-hydrogen) atoms. The highest BCUT2D eigenvalue weighted by atomic mass is 16.3. The maximum absolute atomic E-state index is 10.1. The second-order valence-electron chi connectivity index (χ2n) is 4.19. The van der Waals surface area contributed by atoms with Gasteiger partial charge in [0.25, 0.3) is 0 Å². The minimum absolute atomic E-state index is 0.801. The summed E-state index contributed by atoms with van der Waals surface area (Å²) in [6.07, 6.45) is 0.